The molecule has 22 heavy (non-hydrogen) atoms. The summed E-state index contributed by atoms with van der Waals surface area (Å²) in [6.45, 7) is 1.10. The van der Waals surface area contributed by atoms with E-state index in [9.17, 15) is 24.6 Å². The number of ketones is 1. The first kappa shape index (κ1) is 15.4. The van der Waals surface area contributed by atoms with Crippen LogP contribution >= 0.6 is 0 Å². The molecular weight excluding hydrogens is 284 g/mol. The molecule has 0 aromatic heterocycles. The Labute approximate surface area is 126 Å². The van der Waals surface area contributed by atoms with Gasteiger partial charge in [-0.1, -0.05) is 48.5 Å². The van der Waals surface area contributed by atoms with E-state index >= 15 is 0 Å². The maximum atomic E-state index is 12.4. The third-order valence-electron chi connectivity index (χ3n) is 3.59. The average Bonchev–Trinajstić information content (AvgIpc) is 2.53. The molecule has 0 spiro atoms. The highest BCUT2D eigenvalue weighted by Crippen LogP contribution is 2.26. The van der Waals surface area contributed by atoms with Crippen molar-refractivity contribution in [1.82, 2.24) is 0 Å². The van der Waals surface area contributed by atoms with Crippen LogP contribution in [0.2, 0.25) is 0 Å². The van der Waals surface area contributed by atoms with Gasteiger partial charge in [-0.3, -0.25) is 14.4 Å². The minimum absolute atomic E-state index is 0.0503. The molecule has 2 aromatic rings. The lowest BCUT2D eigenvalue weighted by Gasteiger charge is -2.20. The maximum absolute atomic E-state index is 12.4. The summed E-state index contributed by atoms with van der Waals surface area (Å²) in [6, 6.07) is 14.2. The van der Waals surface area contributed by atoms with Gasteiger partial charge in [0.05, 0.1) is 0 Å². The molecule has 5 heteroatoms. The van der Waals surface area contributed by atoms with Gasteiger partial charge in [-0.25, -0.2) is 0 Å². The van der Waals surface area contributed by atoms with Gasteiger partial charge in [0.15, 0.2) is 11.2 Å². The summed E-state index contributed by atoms with van der Waals surface area (Å²) >= 11 is 0. The average molecular weight is 298 g/mol. The first-order valence-corrected chi connectivity index (χ1v) is 6.54. The van der Waals surface area contributed by atoms with Crippen LogP contribution in [0.4, 0.5) is 0 Å². The van der Waals surface area contributed by atoms with E-state index in [4.69, 9.17) is 0 Å². The van der Waals surface area contributed by atoms with E-state index in [1.165, 1.54) is 24.3 Å². The lowest BCUT2D eigenvalue weighted by Crippen LogP contribution is -2.40. The quantitative estimate of drug-likeness (QED) is 0.653. The van der Waals surface area contributed by atoms with Crippen molar-refractivity contribution < 1.29 is 24.6 Å². The van der Waals surface area contributed by atoms with Gasteiger partial charge in [0.1, 0.15) is 0 Å². The molecule has 112 valence electrons. The predicted octanol–water partition coefficient (Wildman–Crippen LogP) is 2.34. The van der Waals surface area contributed by atoms with Gasteiger partial charge < -0.3 is 10.2 Å². The van der Waals surface area contributed by atoms with E-state index in [0.29, 0.717) is 5.56 Å². The standard InChI is InChI=1S/C17H14O5/c1-17(15(19)20,16(21)22)13-9-5-8-12(10-13)14(18)11-6-3-2-4-7-11/h2-10H,1H3,(H,19,20)(H,21,22). The van der Waals surface area contributed by atoms with Crippen molar-refractivity contribution in [2.45, 2.75) is 12.3 Å². The first-order chi connectivity index (χ1) is 10.4. The molecule has 5 nitrogen and oxygen atoms in total. The van der Waals surface area contributed by atoms with E-state index in [1.807, 2.05) is 0 Å². The fourth-order valence-corrected chi connectivity index (χ4v) is 2.07. The third-order valence-corrected chi connectivity index (χ3v) is 3.59. The van der Waals surface area contributed by atoms with Crippen LogP contribution in [-0.4, -0.2) is 27.9 Å². The Hall–Kier alpha value is -2.95. The summed E-state index contributed by atoms with van der Waals surface area (Å²) in [7, 11) is 0. The Bertz CT molecular complexity index is 720. The summed E-state index contributed by atoms with van der Waals surface area (Å²) in [5.41, 5.74) is -1.36. The molecule has 0 amide bonds. The van der Waals surface area contributed by atoms with Gasteiger partial charge in [-0.05, 0) is 18.6 Å². The summed E-state index contributed by atoms with van der Waals surface area (Å²) in [4.78, 5) is 35.1. The highest BCUT2D eigenvalue weighted by Gasteiger charge is 2.43. The highest BCUT2D eigenvalue weighted by atomic mass is 16.4. The van der Waals surface area contributed by atoms with Gasteiger partial charge >= 0.3 is 11.9 Å². The molecule has 0 aliphatic heterocycles. The van der Waals surface area contributed by atoms with E-state index < -0.39 is 17.4 Å². The van der Waals surface area contributed by atoms with Crippen LogP contribution in [-0.2, 0) is 15.0 Å². The summed E-state index contributed by atoms with van der Waals surface area (Å²) in [6.07, 6.45) is 0. The van der Waals surface area contributed by atoms with Crippen LogP contribution in [0.3, 0.4) is 0 Å². The van der Waals surface area contributed by atoms with E-state index in [0.717, 1.165) is 6.92 Å². The Morgan fingerprint density at radius 3 is 1.91 bits per heavy atom. The molecule has 2 N–H and O–H groups in total. The van der Waals surface area contributed by atoms with E-state index in [2.05, 4.69) is 0 Å². The zero-order chi connectivity index (χ0) is 16.3. The Balaban J connectivity index is 2.49. The largest absolute Gasteiger partial charge is 0.480 e. The van der Waals surface area contributed by atoms with Crippen LogP contribution < -0.4 is 0 Å². The zero-order valence-electron chi connectivity index (χ0n) is 11.8. The molecule has 2 rings (SSSR count). The molecule has 0 heterocycles. The summed E-state index contributed by atoms with van der Waals surface area (Å²) in [5, 5.41) is 18.5. The predicted molar refractivity (Wildman–Crippen MR) is 78.9 cm³/mol. The van der Waals surface area contributed by atoms with Gasteiger partial charge in [0.2, 0.25) is 0 Å². The minimum atomic E-state index is -2.10. The smallest absolute Gasteiger partial charge is 0.325 e. The number of carbonyl (C=O) groups is 3. The second-order valence-electron chi connectivity index (χ2n) is 5.01. The van der Waals surface area contributed by atoms with Crippen LogP contribution in [0.5, 0.6) is 0 Å². The summed E-state index contributed by atoms with van der Waals surface area (Å²) in [5.74, 6) is -3.26. The van der Waals surface area contributed by atoms with Crippen molar-refractivity contribution in [1.29, 1.82) is 0 Å². The van der Waals surface area contributed by atoms with Crippen LogP contribution in [0, 0.1) is 0 Å². The highest BCUT2D eigenvalue weighted by molar-refractivity contribution is 6.10. The second-order valence-corrected chi connectivity index (χ2v) is 5.01. The van der Waals surface area contributed by atoms with Crippen LogP contribution in [0.1, 0.15) is 28.4 Å². The number of carboxylic acids is 2. The number of benzene rings is 2. The number of carboxylic acid groups (broad SMARTS) is 2. The van der Waals surface area contributed by atoms with Crippen molar-refractivity contribution in [3.63, 3.8) is 0 Å². The Morgan fingerprint density at radius 2 is 1.36 bits per heavy atom. The molecule has 0 unspecified atom stereocenters. The van der Waals surface area contributed by atoms with Crippen LogP contribution in [0.15, 0.2) is 54.6 Å². The molecule has 0 bridgehead atoms. The fraction of sp³-hybridized carbons (Fsp3) is 0.118. The van der Waals surface area contributed by atoms with Gasteiger partial charge in [0, 0.05) is 11.1 Å². The van der Waals surface area contributed by atoms with Gasteiger partial charge in [-0.2, -0.15) is 0 Å². The molecule has 0 aliphatic carbocycles. The SMILES string of the molecule is CC(C(=O)O)(C(=O)O)c1cccc(C(=O)c2ccccc2)c1. The zero-order valence-corrected chi connectivity index (χ0v) is 11.8. The summed E-state index contributed by atoms with van der Waals surface area (Å²) < 4.78 is 0. The molecule has 0 radical (unpaired) electrons. The lowest BCUT2D eigenvalue weighted by molar-refractivity contribution is -0.156. The normalized spacial score (nSPS) is 11.0. The first-order valence-electron chi connectivity index (χ1n) is 6.54. The van der Waals surface area contributed by atoms with Crippen molar-refractivity contribution in [3.8, 4) is 0 Å². The van der Waals surface area contributed by atoms with Crippen molar-refractivity contribution in [3.05, 3.63) is 71.3 Å². The molecule has 0 saturated carbocycles. The number of rotatable bonds is 5. The van der Waals surface area contributed by atoms with Crippen molar-refractivity contribution in [2.75, 3.05) is 0 Å². The number of carbonyl (C=O) groups excluding carboxylic acids is 1. The molecule has 0 saturated heterocycles. The molecular formula is C17H14O5. The fourth-order valence-electron chi connectivity index (χ4n) is 2.07. The topological polar surface area (TPSA) is 91.7 Å². The van der Waals surface area contributed by atoms with Crippen LogP contribution in [0.25, 0.3) is 0 Å². The number of aliphatic carboxylic acids is 2. The van der Waals surface area contributed by atoms with E-state index in [1.54, 1.807) is 30.3 Å². The minimum Gasteiger partial charge on any atom is -0.480 e. The van der Waals surface area contributed by atoms with Gasteiger partial charge in [-0.15, -0.1) is 0 Å². The molecule has 2 aromatic carbocycles. The lowest BCUT2D eigenvalue weighted by atomic mass is 9.81. The van der Waals surface area contributed by atoms with Crippen molar-refractivity contribution in [2.24, 2.45) is 0 Å². The number of hydrogen-bond donors (Lipinski definition) is 2. The van der Waals surface area contributed by atoms with Gasteiger partial charge in [0.25, 0.3) is 0 Å². The van der Waals surface area contributed by atoms with Crippen molar-refractivity contribution >= 4 is 17.7 Å². The Kier molecular flexibility index (Phi) is 4.08. The molecule has 0 aliphatic rings. The third kappa shape index (κ3) is 2.61. The second kappa shape index (κ2) is 5.81. The monoisotopic (exact) mass is 298 g/mol. The molecule has 0 fully saturated rings. The number of hydrogen-bond acceptors (Lipinski definition) is 3. The van der Waals surface area contributed by atoms with E-state index in [-0.39, 0.29) is 16.9 Å². The molecule has 0 atom stereocenters. The Morgan fingerprint density at radius 1 is 0.818 bits per heavy atom. The maximum Gasteiger partial charge on any atom is 0.325 e.